The lowest BCUT2D eigenvalue weighted by Gasteiger charge is -2.33. The number of amides is 1. The monoisotopic (exact) mass is 462 g/mol. The van der Waals surface area contributed by atoms with Gasteiger partial charge in [0.05, 0.1) is 6.04 Å². The van der Waals surface area contributed by atoms with E-state index in [-0.39, 0.29) is 17.5 Å². The summed E-state index contributed by atoms with van der Waals surface area (Å²) in [6, 6.07) is 15.1. The summed E-state index contributed by atoms with van der Waals surface area (Å²) >= 11 is 6.21. The molecule has 168 valence electrons. The second-order valence-corrected chi connectivity index (χ2v) is 8.09. The Bertz CT molecular complexity index is 1260. The van der Waals surface area contributed by atoms with E-state index in [2.05, 4.69) is 10.3 Å². The Hall–Kier alpha value is -3.96. The summed E-state index contributed by atoms with van der Waals surface area (Å²) in [5.74, 6) is 0.406. The van der Waals surface area contributed by atoms with Crippen molar-refractivity contribution in [3.63, 3.8) is 0 Å². The van der Waals surface area contributed by atoms with Crippen LogP contribution in [0.5, 0.6) is 5.75 Å². The van der Waals surface area contributed by atoms with E-state index < -0.39 is 0 Å². The maximum Gasteiger partial charge on any atom is 0.210 e. The van der Waals surface area contributed by atoms with Gasteiger partial charge in [-0.25, -0.2) is 0 Å². The molecule has 3 aromatic rings. The van der Waals surface area contributed by atoms with Crippen LogP contribution in [0.25, 0.3) is 10.9 Å². The van der Waals surface area contributed by atoms with E-state index in [0.717, 1.165) is 35.0 Å². The Balaban J connectivity index is 1.48. The maximum absolute atomic E-state index is 11.8. The molecule has 0 spiro atoms. The van der Waals surface area contributed by atoms with Crippen molar-refractivity contribution in [2.75, 3.05) is 19.7 Å². The standard InChI is InChI=1S/C24H23ClN6O2/c25-17-3-6-21-20(11-17)19-7-9-31(14-32)23(22(19)30-21)15-1-4-18(5-2-15)33-10-8-29-13-16(12-26)24(27)28/h1-6,11,13-14,23,29-30H,7-10H2,(H3,27,28)/b16-13-. The Kier molecular flexibility index (Phi) is 6.52. The van der Waals surface area contributed by atoms with Crippen molar-refractivity contribution in [2.24, 2.45) is 5.73 Å². The first-order valence-electron chi connectivity index (χ1n) is 10.4. The lowest BCUT2D eigenvalue weighted by Crippen LogP contribution is -2.34. The summed E-state index contributed by atoms with van der Waals surface area (Å²) in [5.41, 5.74) is 9.56. The number of halogens is 1. The highest BCUT2D eigenvalue weighted by atomic mass is 35.5. The number of ether oxygens (including phenoxy) is 1. The van der Waals surface area contributed by atoms with E-state index in [1.165, 1.54) is 11.8 Å². The van der Waals surface area contributed by atoms with Crippen molar-refractivity contribution in [1.82, 2.24) is 15.2 Å². The first-order chi connectivity index (χ1) is 16.0. The highest BCUT2D eigenvalue weighted by Crippen LogP contribution is 2.38. The van der Waals surface area contributed by atoms with Crippen molar-refractivity contribution in [1.29, 1.82) is 10.7 Å². The number of H-pyrrole nitrogens is 1. The molecule has 1 amide bonds. The predicted molar refractivity (Wildman–Crippen MR) is 127 cm³/mol. The normalized spacial score (nSPS) is 15.6. The van der Waals surface area contributed by atoms with Crippen LogP contribution in [0.3, 0.4) is 0 Å². The number of amidine groups is 1. The van der Waals surface area contributed by atoms with E-state index in [1.807, 2.05) is 48.5 Å². The van der Waals surface area contributed by atoms with Crippen LogP contribution in [-0.4, -0.2) is 41.8 Å². The molecule has 33 heavy (non-hydrogen) atoms. The summed E-state index contributed by atoms with van der Waals surface area (Å²) in [5, 5.41) is 20.8. The van der Waals surface area contributed by atoms with Crippen LogP contribution in [0.4, 0.5) is 0 Å². The van der Waals surface area contributed by atoms with Gasteiger partial charge in [0, 0.05) is 40.9 Å². The minimum Gasteiger partial charge on any atom is -0.492 e. The van der Waals surface area contributed by atoms with Crippen LogP contribution >= 0.6 is 11.6 Å². The summed E-state index contributed by atoms with van der Waals surface area (Å²) in [6.45, 7) is 1.44. The number of aromatic amines is 1. The van der Waals surface area contributed by atoms with Gasteiger partial charge >= 0.3 is 0 Å². The average Bonchev–Trinajstić information content (AvgIpc) is 3.18. The van der Waals surface area contributed by atoms with E-state index in [4.69, 9.17) is 32.7 Å². The topological polar surface area (TPSA) is 131 Å². The highest BCUT2D eigenvalue weighted by molar-refractivity contribution is 6.31. The number of hydrogen-bond acceptors (Lipinski definition) is 5. The number of aromatic nitrogens is 1. The fraction of sp³-hybridized carbons (Fsp3) is 0.208. The Morgan fingerprint density at radius 2 is 2.15 bits per heavy atom. The lowest BCUT2D eigenvalue weighted by atomic mass is 9.93. The lowest BCUT2D eigenvalue weighted by molar-refractivity contribution is -0.120. The number of nitrogens with two attached hydrogens (primary N) is 1. The molecule has 0 bridgehead atoms. The number of hydrogen-bond donors (Lipinski definition) is 4. The second-order valence-electron chi connectivity index (χ2n) is 7.66. The molecule has 0 saturated carbocycles. The Morgan fingerprint density at radius 3 is 2.85 bits per heavy atom. The van der Waals surface area contributed by atoms with Crippen LogP contribution in [0.2, 0.25) is 5.02 Å². The molecular formula is C24H23ClN6O2. The second kappa shape index (κ2) is 9.67. The molecular weight excluding hydrogens is 440 g/mol. The van der Waals surface area contributed by atoms with E-state index >= 15 is 0 Å². The summed E-state index contributed by atoms with van der Waals surface area (Å²) in [7, 11) is 0. The molecule has 2 aromatic carbocycles. The number of benzene rings is 2. The average molecular weight is 463 g/mol. The van der Waals surface area contributed by atoms with E-state index in [9.17, 15) is 4.79 Å². The number of nitrogens with zero attached hydrogens (tertiary/aromatic N) is 2. The fourth-order valence-corrected chi connectivity index (χ4v) is 4.24. The van der Waals surface area contributed by atoms with Crippen molar-refractivity contribution < 1.29 is 9.53 Å². The SMILES string of the molecule is N#C/C(=C/NCCOc1ccc(C2c3[nH]c4ccc(Cl)cc4c3CCN2C=O)cc1)C(=N)N. The number of fused-ring (bicyclic) bond motifs is 3. The first kappa shape index (κ1) is 22.2. The molecule has 2 heterocycles. The summed E-state index contributed by atoms with van der Waals surface area (Å²) in [6.07, 6.45) is 3.06. The summed E-state index contributed by atoms with van der Waals surface area (Å²) < 4.78 is 5.74. The summed E-state index contributed by atoms with van der Waals surface area (Å²) in [4.78, 5) is 17.1. The highest BCUT2D eigenvalue weighted by Gasteiger charge is 2.31. The zero-order valence-corrected chi connectivity index (χ0v) is 18.5. The molecule has 0 fully saturated rings. The van der Waals surface area contributed by atoms with Crippen LogP contribution in [0.15, 0.2) is 54.2 Å². The van der Waals surface area contributed by atoms with Gasteiger partial charge in [0.15, 0.2) is 0 Å². The number of rotatable bonds is 8. The largest absolute Gasteiger partial charge is 0.492 e. The molecule has 8 nitrogen and oxygen atoms in total. The maximum atomic E-state index is 11.8. The van der Waals surface area contributed by atoms with Crippen molar-refractivity contribution in [3.05, 3.63) is 76.1 Å². The van der Waals surface area contributed by atoms with Crippen molar-refractivity contribution in [2.45, 2.75) is 12.5 Å². The van der Waals surface area contributed by atoms with Crippen LogP contribution in [-0.2, 0) is 11.2 Å². The number of carbonyl (C=O) groups is 1. The molecule has 1 unspecified atom stereocenters. The van der Waals surface area contributed by atoms with Gasteiger partial charge in [-0.05, 0) is 47.9 Å². The third-order valence-electron chi connectivity index (χ3n) is 5.63. The third kappa shape index (κ3) is 4.64. The van der Waals surface area contributed by atoms with Gasteiger partial charge in [0.25, 0.3) is 0 Å². The molecule has 9 heteroatoms. The van der Waals surface area contributed by atoms with Gasteiger partial charge in [0.2, 0.25) is 6.41 Å². The Morgan fingerprint density at radius 1 is 1.36 bits per heavy atom. The molecule has 1 aliphatic heterocycles. The minimum atomic E-state index is -0.283. The third-order valence-corrected chi connectivity index (χ3v) is 5.86. The van der Waals surface area contributed by atoms with E-state index in [0.29, 0.717) is 30.5 Å². The molecule has 1 aliphatic rings. The number of carbonyl (C=O) groups excluding carboxylic acids is 1. The molecule has 0 saturated heterocycles. The van der Waals surface area contributed by atoms with Crippen molar-refractivity contribution >= 4 is 34.7 Å². The molecule has 5 N–H and O–H groups in total. The van der Waals surface area contributed by atoms with Crippen LogP contribution in [0.1, 0.15) is 22.9 Å². The van der Waals surface area contributed by atoms with Crippen LogP contribution in [0, 0.1) is 16.7 Å². The molecule has 0 aliphatic carbocycles. The first-order valence-corrected chi connectivity index (χ1v) is 10.8. The number of nitriles is 1. The van der Waals surface area contributed by atoms with Gasteiger partial charge in [0.1, 0.15) is 29.8 Å². The molecule has 0 radical (unpaired) electrons. The molecule has 1 atom stereocenters. The van der Waals surface area contributed by atoms with Crippen LogP contribution < -0.4 is 15.8 Å². The van der Waals surface area contributed by atoms with Gasteiger partial charge in [-0.1, -0.05) is 23.7 Å². The van der Waals surface area contributed by atoms with Gasteiger partial charge < -0.3 is 25.7 Å². The molecule has 1 aromatic heterocycles. The zero-order valence-electron chi connectivity index (χ0n) is 17.8. The van der Waals surface area contributed by atoms with Gasteiger partial charge in [-0.15, -0.1) is 0 Å². The van der Waals surface area contributed by atoms with E-state index in [1.54, 1.807) is 4.90 Å². The van der Waals surface area contributed by atoms with Gasteiger partial charge in [-0.2, -0.15) is 5.26 Å². The fourth-order valence-electron chi connectivity index (χ4n) is 4.07. The zero-order chi connectivity index (χ0) is 23.4. The number of nitrogens with one attached hydrogen (secondary N) is 3. The molecule has 4 rings (SSSR count). The minimum absolute atomic E-state index is 0.0742. The van der Waals surface area contributed by atoms with Crippen molar-refractivity contribution in [3.8, 4) is 11.8 Å². The Labute approximate surface area is 196 Å². The smallest absolute Gasteiger partial charge is 0.210 e. The predicted octanol–water partition coefficient (Wildman–Crippen LogP) is 3.24. The van der Waals surface area contributed by atoms with Gasteiger partial charge in [-0.3, -0.25) is 10.2 Å². The quantitative estimate of drug-likeness (QED) is 0.134.